The van der Waals surface area contributed by atoms with E-state index in [0.29, 0.717) is 62.4 Å². The van der Waals surface area contributed by atoms with Crippen molar-refractivity contribution < 1.29 is 49.6 Å². The van der Waals surface area contributed by atoms with E-state index in [9.17, 15) is 31.2 Å². The first kappa shape index (κ1) is 35.3. The van der Waals surface area contributed by atoms with Crippen molar-refractivity contribution in [3.05, 3.63) is 65.1 Å². The second-order valence-electron chi connectivity index (χ2n) is 14.0. The highest BCUT2D eigenvalue weighted by molar-refractivity contribution is 7.91. The molecule has 5 aliphatic rings. The molecule has 17 heteroatoms. The van der Waals surface area contributed by atoms with Gasteiger partial charge < -0.3 is 29.9 Å². The first-order valence-corrected chi connectivity index (χ1v) is 18.5. The van der Waals surface area contributed by atoms with E-state index in [-0.39, 0.29) is 29.5 Å². The van der Waals surface area contributed by atoms with Gasteiger partial charge in [0.15, 0.2) is 15.9 Å². The molecule has 0 spiro atoms. The number of aromatic nitrogens is 2. The lowest BCUT2D eigenvalue weighted by Crippen LogP contribution is -2.58. The van der Waals surface area contributed by atoms with Gasteiger partial charge in [0.2, 0.25) is 17.6 Å². The molecule has 2 aliphatic heterocycles. The predicted octanol–water partition coefficient (Wildman–Crippen LogP) is 4.81. The molecule has 2 amide bonds. The molecule has 51 heavy (non-hydrogen) atoms. The molecule has 1 saturated heterocycles. The quantitative estimate of drug-likeness (QED) is 0.307. The van der Waals surface area contributed by atoms with Gasteiger partial charge in [-0.15, -0.1) is 0 Å². The van der Waals surface area contributed by atoms with Crippen LogP contribution in [0.25, 0.3) is 0 Å². The van der Waals surface area contributed by atoms with E-state index in [1.54, 1.807) is 0 Å². The number of fused-ring (bicyclic) bond motifs is 4. The van der Waals surface area contributed by atoms with Gasteiger partial charge in [0.1, 0.15) is 17.7 Å². The second kappa shape index (κ2) is 12.8. The highest BCUT2D eigenvalue weighted by Crippen LogP contribution is 2.53. The molecule has 3 aliphatic carbocycles. The lowest BCUT2D eigenvalue weighted by Gasteiger charge is -2.52. The van der Waals surface area contributed by atoms with Crippen LogP contribution in [0.15, 0.2) is 45.8 Å². The Hall–Kier alpha value is -4.09. The molecule has 4 fully saturated rings. The Balaban J connectivity index is 1.12. The van der Waals surface area contributed by atoms with Crippen molar-refractivity contribution in [1.82, 2.24) is 15.5 Å². The van der Waals surface area contributed by atoms with Crippen LogP contribution in [0, 0.1) is 5.82 Å². The van der Waals surface area contributed by atoms with E-state index in [4.69, 9.17) is 19.7 Å². The third-order valence-electron chi connectivity index (χ3n) is 10.7. The van der Waals surface area contributed by atoms with Crippen LogP contribution in [0.5, 0.6) is 5.75 Å². The molecule has 3 heterocycles. The lowest BCUT2D eigenvalue weighted by atomic mass is 9.57. The minimum Gasteiger partial charge on any atom is -0.481 e. The van der Waals surface area contributed by atoms with Crippen molar-refractivity contribution in [2.75, 3.05) is 17.3 Å². The van der Waals surface area contributed by atoms with E-state index >= 15 is 4.39 Å². The van der Waals surface area contributed by atoms with Crippen LogP contribution in [0.2, 0.25) is 0 Å². The van der Waals surface area contributed by atoms with Crippen molar-refractivity contribution in [2.24, 2.45) is 5.73 Å². The Bertz CT molecular complexity index is 1920. The number of hydrogen-bond donors (Lipinski definition) is 2. The summed E-state index contributed by atoms with van der Waals surface area (Å²) in [6, 6.07) is 5.68. The predicted molar refractivity (Wildman–Crippen MR) is 172 cm³/mol. The smallest absolute Gasteiger partial charge is 0.425 e. The van der Waals surface area contributed by atoms with Gasteiger partial charge in [0, 0.05) is 17.6 Å². The summed E-state index contributed by atoms with van der Waals surface area (Å²) in [6.07, 6.45) is -1.37. The number of ether oxygens (including phenoxy) is 2. The van der Waals surface area contributed by atoms with Gasteiger partial charge in [0.25, 0.3) is 5.91 Å². The van der Waals surface area contributed by atoms with Gasteiger partial charge in [-0.2, -0.15) is 18.2 Å². The Morgan fingerprint density at radius 3 is 2.45 bits per heavy atom. The fourth-order valence-electron chi connectivity index (χ4n) is 7.55. The number of hydrogen-bond acceptors (Lipinski definition) is 10. The molecule has 3 atom stereocenters. The Labute approximate surface area is 290 Å². The number of benzene rings is 2. The van der Waals surface area contributed by atoms with Crippen LogP contribution >= 0.6 is 0 Å². The summed E-state index contributed by atoms with van der Waals surface area (Å²) in [5.41, 5.74) is 4.72. The summed E-state index contributed by atoms with van der Waals surface area (Å²) in [5, 5.41) is 7.19. The second-order valence-corrected chi connectivity index (χ2v) is 16.0. The van der Waals surface area contributed by atoms with E-state index in [0.717, 1.165) is 36.8 Å². The van der Waals surface area contributed by atoms with Crippen LogP contribution in [-0.4, -0.2) is 66.6 Å². The van der Waals surface area contributed by atoms with Crippen LogP contribution in [0.1, 0.15) is 92.0 Å². The molecule has 274 valence electrons. The molecular formula is C34H37F4N5O7S. The first-order chi connectivity index (χ1) is 24.1. The Kier molecular flexibility index (Phi) is 8.89. The maximum atomic E-state index is 15.7. The number of alkyl halides is 3. The SMILES string of the molecule is C[C@@H](Oc1ccc(CN2C(=O)[C@@H](N)CS(=O)(=O)c3cc(F)c(C(=O)NC45CCC(c6nc([C@@H]7CCCO7)no6)(CC4)CC5)cc32)cc1)C(F)(F)F. The van der Waals surface area contributed by atoms with Crippen molar-refractivity contribution >= 4 is 27.3 Å². The van der Waals surface area contributed by atoms with Crippen LogP contribution in [0.4, 0.5) is 23.2 Å². The number of halogens is 4. The van der Waals surface area contributed by atoms with Crippen LogP contribution in [-0.2, 0) is 31.3 Å². The fourth-order valence-corrected chi connectivity index (χ4v) is 9.11. The minimum absolute atomic E-state index is 0.0750. The van der Waals surface area contributed by atoms with E-state index in [2.05, 4.69) is 15.5 Å². The van der Waals surface area contributed by atoms with Gasteiger partial charge in [0.05, 0.1) is 34.5 Å². The molecule has 12 nitrogen and oxygen atoms in total. The monoisotopic (exact) mass is 735 g/mol. The van der Waals surface area contributed by atoms with Gasteiger partial charge in [-0.25, -0.2) is 12.8 Å². The summed E-state index contributed by atoms with van der Waals surface area (Å²) < 4.78 is 97.5. The van der Waals surface area contributed by atoms with Crippen molar-refractivity contribution in [3.8, 4) is 5.75 Å². The third kappa shape index (κ3) is 6.70. The number of carbonyl (C=O) groups excluding carboxylic acids is 2. The van der Waals surface area contributed by atoms with Crippen LogP contribution < -0.4 is 20.7 Å². The van der Waals surface area contributed by atoms with Gasteiger partial charge in [-0.05, 0) is 88.1 Å². The van der Waals surface area contributed by atoms with Crippen LogP contribution in [0.3, 0.4) is 0 Å². The topological polar surface area (TPSA) is 167 Å². The molecule has 0 radical (unpaired) electrons. The standard InChI is InChI=1S/C34H37F4N5O7S/c1-19(34(36,37)38)49-21-6-4-20(5-7-21)17-43-25-15-22(23(35)16-27(25)51(46,47)18-24(39)30(43)45)29(44)41-33-11-8-32(9-12-33,10-13-33)31-40-28(42-50-31)26-3-2-14-48-26/h4-7,15-16,19,24,26H,2-3,8-14,17-18,39H2,1H3,(H,41,44)/t19-,24+,26+,32?,33?/m1/s1. The third-order valence-corrected chi connectivity index (χ3v) is 12.5. The minimum atomic E-state index is -4.58. The summed E-state index contributed by atoms with van der Waals surface area (Å²) >= 11 is 0. The molecule has 2 bridgehead atoms. The van der Waals surface area contributed by atoms with Gasteiger partial charge in [-0.3, -0.25) is 9.59 Å². The number of sulfone groups is 1. The number of rotatable bonds is 8. The molecule has 3 saturated carbocycles. The molecule has 3 N–H and O–H groups in total. The molecule has 2 aromatic carbocycles. The van der Waals surface area contributed by atoms with Gasteiger partial charge >= 0.3 is 6.18 Å². The maximum Gasteiger partial charge on any atom is 0.425 e. The summed E-state index contributed by atoms with van der Waals surface area (Å²) in [4.78, 5) is 32.5. The molecule has 1 aromatic heterocycles. The van der Waals surface area contributed by atoms with Crippen molar-refractivity contribution in [1.29, 1.82) is 0 Å². The van der Waals surface area contributed by atoms with E-state index < -0.39 is 67.5 Å². The number of amides is 2. The highest BCUT2D eigenvalue weighted by atomic mass is 32.2. The highest BCUT2D eigenvalue weighted by Gasteiger charge is 2.53. The van der Waals surface area contributed by atoms with E-state index in [1.807, 2.05) is 0 Å². The number of anilines is 1. The zero-order chi connectivity index (χ0) is 36.3. The largest absolute Gasteiger partial charge is 0.481 e. The molecular weight excluding hydrogens is 698 g/mol. The molecule has 0 unspecified atom stereocenters. The molecule has 3 aromatic rings. The summed E-state index contributed by atoms with van der Waals surface area (Å²) in [6.45, 7) is 1.25. The van der Waals surface area contributed by atoms with E-state index in [1.165, 1.54) is 24.3 Å². The number of carbonyl (C=O) groups is 2. The summed E-state index contributed by atoms with van der Waals surface area (Å²) in [5.74, 6) is -2.39. The Morgan fingerprint density at radius 2 is 1.82 bits per heavy atom. The van der Waals surface area contributed by atoms with Gasteiger partial charge in [-0.1, -0.05) is 17.3 Å². The average molecular weight is 736 g/mol. The number of nitrogens with one attached hydrogen (secondary N) is 1. The number of nitrogens with two attached hydrogens (primary N) is 1. The average Bonchev–Trinajstić information content (AvgIpc) is 3.80. The summed E-state index contributed by atoms with van der Waals surface area (Å²) in [7, 11) is -4.27. The number of nitrogens with zero attached hydrogens (tertiary/aromatic N) is 3. The molecule has 8 rings (SSSR count). The zero-order valence-electron chi connectivity index (χ0n) is 27.7. The lowest BCUT2D eigenvalue weighted by molar-refractivity contribution is -0.189. The zero-order valence-corrected chi connectivity index (χ0v) is 28.5. The Morgan fingerprint density at radius 1 is 1.14 bits per heavy atom. The normalized spacial score (nSPS) is 27.9. The first-order valence-electron chi connectivity index (χ1n) is 16.8. The fraction of sp³-hybridized carbons (Fsp3) is 0.529. The maximum absolute atomic E-state index is 15.7. The van der Waals surface area contributed by atoms with Crippen molar-refractivity contribution in [3.63, 3.8) is 0 Å². The van der Waals surface area contributed by atoms with Crippen molar-refractivity contribution in [2.45, 2.75) is 105 Å².